The van der Waals surface area contributed by atoms with Crippen molar-refractivity contribution < 1.29 is 19.5 Å². The van der Waals surface area contributed by atoms with E-state index in [1.807, 2.05) is 13.8 Å². The van der Waals surface area contributed by atoms with Crippen LogP contribution >= 0.6 is 0 Å². The molecule has 1 aliphatic rings. The van der Waals surface area contributed by atoms with E-state index in [1.54, 1.807) is 18.7 Å². The Morgan fingerprint density at radius 2 is 1.81 bits per heavy atom. The van der Waals surface area contributed by atoms with Gasteiger partial charge in [-0.3, -0.25) is 9.59 Å². The number of aliphatic carboxylic acids is 1. The Labute approximate surface area is 125 Å². The van der Waals surface area contributed by atoms with Crippen molar-refractivity contribution in [1.29, 1.82) is 0 Å². The summed E-state index contributed by atoms with van der Waals surface area (Å²) in [7, 11) is 0. The zero-order chi connectivity index (χ0) is 16.2. The highest BCUT2D eigenvalue weighted by molar-refractivity contribution is 5.86. The second-order valence-corrected chi connectivity index (χ2v) is 6.35. The number of piperidine rings is 1. The molecule has 0 bridgehead atoms. The summed E-state index contributed by atoms with van der Waals surface area (Å²) in [6.45, 7) is 8.25. The lowest BCUT2D eigenvalue weighted by atomic mass is 9.95. The Bertz CT molecular complexity index is 406. The molecule has 120 valence electrons. The molecule has 6 nitrogen and oxygen atoms in total. The van der Waals surface area contributed by atoms with E-state index in [0.717, 1.165) is 6.42 Å². The lowest BCUT2D eigenvalue weighted by Crippen LogP contribution is -2.51. The van der Waals surface area contributed by atoms with Gasteiger partial charge < -0.3 is 15.3 Å². The monoisotopic (exact) mass is 298 g/mol. The molecule has 0 aliphatic carbocycles. The minimum absolute atomic E-state index is 0.0474. The maximum Gasteiger partial charge on any atom is 0.326 e. The van der Waals surface area contributed by atoms with Crippen LogP contribution in [0.4, 0.5) is 0 Å². The van der Waals surface area contributed by atoms with Crippen molar-refractivity contribution in [3.05, 3.63) is 0 Å². The first kappa shape index (κ1) is 17.5. The molecule has 6 heteroatoms. The van der Waals surface area contributed by atoms with Gasteiger partial charge in [-0.05, 0) is 18.8 Å². The second kappa shape index (κ2) is 7.43. The average Bonchev–Trinajstić information content (AvgIpc) is 2.42. The summed E-state index contributed by atoms with van der Waals surface area (Å²) in [5, 5.41) is 11.7. The first-order chi connectivity index (χ1) is 9.73. The lowest BCUT2D eigenvalue weighted by molar-refractivity contribution is -0.145. The molecule has 1 rings (SSSR count). The molecule has 2 atom stereocenters. The highest BCUT2D eigenvalue weighted by Gasteiger charge is 2.32. The molecule has 1 saturated heterocycles. The fraction of sp³-hybridized carbons (Fsp3) is 0.800. The van der Waals surface area contributed by atoms with Crippen molar-refractivity contribution in [3.63, 3.8) is 0 Å². The van der Waals surface area contributed by atoms with Gasteiger partial charge in [0.15, 0.2) is 0 Å². The molecule has 1 fully saturated rings. The molecule has 0 aromatic rings. The summed E-state index contributed by atoms with van der Waals surface area (Å²) >= 11 is 0. The minimum Gasteiger partial charge on any atom is -0.480 e. The van der Waals surface area contributed by atoms with Crippen molar-refractivity contribution in [2.24, 2.45) is 17.8 Å². The van der Waals surface area contributed by atoms with E-state index < -0.39 is 12.0 Å². The second-order valence-electron chi connectivity index (χ2n) is 6.35. The molecule has 0 spiro atoms. The average molecular weight is 298 g/mol. The molecule has 0 aromatic carbocycles. The fourth-order valence-corrected chi connectivity index (χ4v) is 2.54. The molecule has 1 unspecified atom stereocenters. The van der Waals surface area contributed by atoms with Crippen LogP contribution in [0.3, 0.4) is 0 Å². The van der Waals surface area contributed by atoms with Gasteiger partial charge in [0.25, 0.3) is 0 Å². The molecule has 2 amide bonds. The standard InChI is InChI=1S/C15H26N2O4/c1-9(2)12(15(20)21)16-13(18)11-6-5-7-17(8-11)14(19)10(3)4/h9-12H,5-8H2,1-4H3,(H,16,18)(H,20,21)/t11?,12-/m0/s1. The third-order valence-electron chi connectivity index (χ3n) is 3.83. The number of amides is 2. The number of rotatable bonds is 5. The fourth-order valence-electron chi connectivity index (χ4n) is 2.54. The molecule has 1 aliphatic heterocycles. The van der Waals surface area contributed by atoms with E-state index >= 15 is 0 Å². The summed E-state index contributed by atoms with van der Waals surface area (Å²) < 4.78 is 0. The maximum absolute atomic E-state index is 12.2. The SMILES string of the molecule is CC(C)C(=O)N1CCCC(C(=O)N[C@H](C(=O)O)C(C)C)C1. The zero-order valence-corrected chi connectivity index (χ0v) is 13.3. The predicted octanol–water partition coefficient (Wildman–Crippen LogP) is 1.11. The number of likely N-dealkylation sites (tertiary alicyclic amines) is 1. The number of hydrogen-bond acceptors (Lipinski definition) is 3. The Balaban J connectivity index is 2.65. The smallest absolute Gasteiger partial charge is 0.326 e. The molecule has 0 radical (unpaired) electrons. The van der Waals surface area contributed by atoms with Gasteiger partial charge in [-0.2, -0.15) is 0 Å². The van der Waals surface area contributed by atoms with Gasteiger partial charge in [0, 0.05) is 19.0 Å². The first-order valence-corrected chi connectivity index (χ1v) is 7.56. The van der Waals surface area contributed by atoms with Gasteiger partial charge in [0.2, 0.25) is 11.8 Å². The number of carboxylic acid groups (broad SMARTS) is 1. The number of carbonyl (C=O) groups excluding carboxylic acids is 2. The molecule has 0 saturated carbocycles. The number of nitrogens with one attached hydrogen (secondary N) is 1. The summed E-state index contributed by atoms with van der Waals surface area (Å²) in [5.41, 5.74) is 0. The number of carbonyl (C=O) groups is 3. The van der Waals surface area contributed by atoms with E-state index in [1.165, 1.54) is 0 Å². The van der Waals surface area contributed by atoms with Gasteiger partial charge >= 0.3 is 5.97 Å². The number of nitrogens with zero attached hydrogens (tertiary/aromatic N) is 1. The van der Waals surface area contributed by atoms with Gasteiger partial charge in [-0.1, -0.05) is 27.7 Å². The molecular formula is C15H26N2O4. The summed E-state index contributed by atoms with van der Waals surface area (Å²) in [4.78, 5) is 37.1. The molecule has 21 heavy (non-hydrogen) atoms. The summed E-state index contributed by atoms with van der Waals surface area (Å²) in [5.74, 6) is -1.83. The Morgan fingerprint density at radius 3 is 2.29 bits per heavy atom. The van der Waals surface area contributed by atoms with Crippen LogP contribution in [0.5, 0.6) is 0 Å². The first-order valence-electron chi connectivity index (χ1n) is 7.56. The van der Waals surface area contributed by atoms with E-state index in [2.05, 4.69) is 5.32 Å². The van der Waals surface area contributed by atoms with Crippen LogP contribution in [-0.2, 0) is 14.4 Å². The van der Waals surface area contributed by atoms with Gasteiger partial charge in [-0.25, -0.2) is 4.79 Å². The van der Waals surface area contributed by atoms with Crippen LogP contribution in [-0.4, -0.2) is 46.9 Å². The van der Waals surface area contributed by atoms with Crippen LogP contribution in [0.2, 0.25) is 0 Å². The molecule has 0 aromatic heterocycles. The van der Waals surface area contributed by atoms with Crippen molar-refractivity contribution in [2.75, 3.05) is 13.1 Å². The number of carboxylic acids is 1. The third-order valence-corrected chi connectivity index (χ3v) is 3.83. The van der Waals surface area contributed by atoms with Crippen molar-refractivity contribution in [1.82, 2.24) is 10.2 Å². The van der Waals surface area contributed by atoms with E-state index in [9.17, 15) is 14.4 Å². The van der Waals surface area contributed by atoms with E-state index in [4.69, 9.17) is 5.11 Å². The minimum atomic E-state index is -1.02. The predicted molar refractivity (Wildman–Crippen MR) is 78.5 cm³/mol. The maximum atomic E-state index is 12.2. The van der Waals surface area contributed by atoms with Crippen LogP contribution in [0.25, 0.3) is 0 Å². The highest BCUT2D eigenvalue weighted by Crippen LogP contribution is 2.19. The molecule has 1 heterocycles. The largest absolute Gasteiger partial charge is 0.480 e. The van der Waals surface area contributed by atoms with Crippen LogP contribution in [0.15, 0.2) is 0 Å². The Hall–Kier alpha value is -1.59. The van der Waals surface area contributed by atoms with E-state index in [-0.39, 0.29) is 29.6 Å². The van der Waals surface area contributed by atoms with Crippen molar-refractivity contribution >= 4 is 17.8 Å². The molecular weight excluding hydrogens is 272 g/mol. The van der Waals surface area contributed by atoms with Gasteiger partial charge in [0.1, 0.15) is 6.04 Å². The van der Waals surface area contributed by atoms with Gasteiger partial charge in [0.05, 0.1) is 5.92 Å². The molecule has 2 N–H and O–H groups in total. The normalized spacial score (nSPS) is 20.5. The van der Waals surface area contributed by atoms with Gasteiger partial charge in [-0.15, -0.1) is 0 Å². The quantitative estimate of drug-likeness (QED) is 0.796. The zero-order valence-electron chi connectivity index (χ0n) is 13.3. The Morgan fingerprint density at radius 1 is 1.19 bits per heavy atom. The summed E-state index contributed by atoms with van der Waals surface area (Å²) in [6.07, 6.45) is 1.47. The van der Waals surface area contributed by atoms with Crippen molar-refractivity contribution in [3.8, 4) is 0 Å². The number of hydrogen-bond donors (Lipinski definition) is 2. The summed E-state index contributed by atoms with van der Waals surface area (Å²) in [6, 6.07) is -0.881. The van der Waals surface area contributed by atoms with E-state index in [0.29, 0.717) is 19.5 Å². The van der Waals surface area contributed by atoms with Crippen LogP contribution in [0.1, 0.15) is 40.5 Å². The lowest BCUT2D eigenvalue weighted by Gasteiger charge is -2.34. The Kier molecular flexibility index (Phi) is 6.18. The van der Waals surface area contributed by atoms with Crippen molar-refractivity contribution in [2.45, 2.75) is 46.6 Å². The highest BCUT2D eigenvalue weighted by atomic mass is 16.4. The topological polar surface area (TPSA) is 86.7 Å². The third kappa shape index (κ3) is 4.72. The van der Waals surface area contributed by atoms with Crippen LogP contribution in [0, 0.1) is 17.8 Å². The van der Waals surface area contributed by atoms with Crippen LogP contribution < -0.4 is 5.32 Å².